The van der Waals surface area contributed by atoms with Crippen LogP contribution in [0.4, 0.5) is 0 Å². The number of ether oxygens (including phenoxy) is 1. The number of hydrogen-bond acceptors (Lipinski definition) is 4. The molecule has 0 aromatic heterocycles. The molecule has 5 heteroatoms. The molecule has 13 heavy (non-hydrogen) atoms. The van der Waals surface area contributed by atoms with E-state index in [9.17, 15) is 4.79 Å². The molecule has 78 valence electrons. The predicted molar refractivity (Wildman–Crippen MR) is 54.0 cm³/mol. The summed E-state index contributed by atoms with van der Waals surface area (Å²) in [5.41, 5.74) is 5.61. The van der Waals surface area contributed by atoms with Crippen molar-refractivity contribution in [1.29, 1.82) is 0 Å². The summed E-state index contributed by atoms with van der Waals surface area (Å²) < 4.78 is 4.77. The van der Waals surface area contributed by atoms with Crippen LogP contribution in [-0.2, 0) is 9.53 Å². The Hall–Kier alpha value is -0.393. The van der Waals surface area contributed by atoms with E-state index < -0.39 is 14.1 Å². The molecule has 0 aromatic carbocycles. The van der Waals surface area contributed by atoms with Crippen LogP contribution in [0.5, 0.6) is 0 Å². The molecule has 0 saturated carbocycles. The SMILES string of the molecule is CCOC(=O)[C@@H](N)C[Si](C)(C)CO. The zero-order valence-electron chi connectivity index (χ0n) is 8.54. The van der Waals surface area contributed by atoms with Crippen LogP contribution in [0, 0.1) is 0 Å². The van der Waals surface area contributed by atoms with E-state index in [1.54, 1.807) is 6.92 Å². The van der Waals surface area contributed by atoms with Crippen LogP contribution in [0.3, 0.4) is 0 Å². The van der Waals surface area contributed by atoms with Crippen LogP contribution in [0.1, 0.15) is 6.92 Å². The van der Waals surface area contributed by atoms with Crippen molar-refractivity contribution in [2.75, 3.05) is 12.8 Å². The van der Waals surface area contributed by atoms with Gasteiger partial charge in [0.25, 0.3) is 0 Å². The number of hydrogen-bond donors (Lipinski definition) is 2. The molecule has 0 aromatic rings. The first-order chi connectivity index (χ1) is 5.93. The molecule has 0 heterocycles. The summed E-state index contributed by atoms with van der Waals surface area (Å²) in [6, 6.07) is -0.00346. The van der Waals surface area contributed by atoms with Gasteiger partial charge in [-0.05, 0) is 13.0 Å². The molecule has 4 nitrogen and oxygen atoms in total. The Morgan fingerprint density at radius 1 is 1.62 bits per heavy atom. The van der Waals surface area contributed by atoms with Gasteiger partial charge in [-0.2, -0.15) is 0 Å². The summed E-state index contributed by atoms with van der Waals surface area (Å²) in [5, 5.41) is 9.01. The smallest absolute Gasteiger partial charge is 0.322 e. The molecule has 0 aliphatic carbocycles. The van der Waals surface area contributed by atoms with Crippen molar-refractivity contribution < 1.29 is 14.6 Å². The Morgan fingerprint density at radius 2 is 2.15 bits per heavy atom. The summed E-state index contributed by atoms with van der Waals surface area (Å²) in [5.74, 6) is -0.364. The molecule has 0 aliphatic rings. The van der Waals surface area contributed by atoms with Crippen molar-refractivity contribution in [3.63, 3.8) is 0 Å². The molecule has 0 bridgehead atoms. The molecule has 0 rings (SSSR count). The van der Waals surface area contributed by atoms with Crippen LogP contribution in [-0.4, -0.2) is 38.0 Å². The predicted octanol–water partition coefficient (Wildman–Crippen LogP) is 0.117. The second-order valence-corrected chi connectivity index (χ2v) is 8.94. The molecule has 0 saturated heterocycles. The van der Waals surface area contributed by atoms with Gasteiger partial charge in [0.15, 0.2) is 0 Å². The van der Waals surface area contributed by atoms with Gasteiger partial charge >= 0.3 is 5.97 Å². The van der Waals surface area contributed by atoms with Gasteiger partial charge in [0.1, 0.15) is 6.04 Å². The number of aliphatic hydroxyl groups excluding tert-OH is 1. The highest BCUT2D eigenvalue weighted by Gasteiger charge is 2.27. The number of carbonyl (C=O) groups excluding carboxylic acids is 1. The van der Waals surface area contributed by atoms with Crippen molar-refractivity contribution in [2.24, 2.45) is 5.73 Å². The van der Waals surface area contributed by atoms with Crippen LogP contribution in [0.2, 0.25) is 19.1 Å². The largest absolute Gasteiger partial charge is 0.465 e. The Labute approximate surface area is 80.1 Å². The van der Waals surface area contributed by atoms with Crippen LogP contribution in [0.15, 0.2) is 0 Å². The third kappa shape index (κ3) is 5.02. The van der Waals surface area contributed by atoms with Gasteiger partial charge in [0, 0.05) is 6.23 Å². The lowest BCUT2D eigenvalue weighted by molar-refractivity contribution is -0.144. The van der Waals surface area contributed by atoms with E-state index >= 15 is 0 Å². The van der Waals surface area contributed by atoms with E-state index in [0.29, 0.717) is 12.7 Å². The van der Waals surface area contributed by atoms with Gasteiger partial charge in [-0.1, -0.05) is 13.1 Å². The molecular weight excluding hydrogens is 186 g/mol. The van der Waals surface area contributed by atoms with E-state index in [1.165, 1.54) is 0 Å². The fourth-order valence-corrected chi connectivity index (χ4v) is 2.48. The maximum Gasteiger partial charge on any atom is 0.322 e. The maximum atomic E-state index is 11.1. The monoisotopic (exact) mass is 205 g/mol. The van der Waals surface area contributed by atoms with E-state index in [1.807, 2.05) is 13.1 Å². The topological polar surface area (TPSA) is 72.5 Å². The second-order valence-electron chi connectivity index (χ2n) is 3.88. The Bertz CT molecular complexity index is 173. The molecule has 0 radical (unpaired) electrons. The first kappa shape index (κ1) is 12.6. The lowest BCUT2D eigenvalue weighted by Gasteiger charge is -2.22. The van der Waals surface area contributed by atoms with E-state index in [-0.39, 0.29) is 12.2 Å². The van der Waals surface area contributed by atoms with Gasteiger partial charge in [0.05, 0.1) is 14.7 Å². The molecular formula is C8H19NO3Si. The molecule has 0 fully saturated rings. The maximum absolute atomic E-state index is 11.1. The fourth-order valence-electron chi connectivity index (χ4n) is 0.993. The van der Waals surface area contributed by atoms with Gasteiger partial charge < -0.3 is 15.6 Å². The lowest BCUT2D eigenvalue weighted by Crippen LogP contribution is -2.43. The number of rotatable bonds is 5. The normalized spacial score (nSPS) is 13.9. The Kier molecular flexibility index (Phi) is 5.20. The second kappa shape index (κ2) is 5.36. The average molecular weight is 205 g/mol. The highest BCUT2D eigenvalue weighted by Crippen LogP contribution is 2.10. The Morgan fingerprint density at radius 3 is 2.54 bits per heavy atom. The Balaban J connectivity index is 3.99. The third-order valence-electron chi connectivity index (χ3n) is 1.79. The number of nitrogens with two attached hydrogens (primary N) is 1. The summed E-state index contributed by atoms with van der Waals surface area (Å²) >= 11 is 0. The zero-order valence-corrected chi connectivity index (χ0v) is 9.54. The van der Waals surface area contributed by atoms with Crippen molar-refractivity contribution >= 4 is 14.0 Å². The zero-order chi connectivity index (χ0) is 10.5. The van der Waals surface area contributed by atoms with Gasteiger partial charge in [0.2, 0.25) is 0 Å². The first-order valence-corrected chi connectivity index (χ1v) is 7.87. The van der Waals surface area contributed by atoms with Crippen molar-refractivity contribution in [2.45, 2.75) is 32.1 Å². The van der Waals surface area contributed by atoms with E-state index in [2.05, 4.69) is 0 Å². The van der Waals surface area contributed by atoms with Gasteiger partial charge in [-0.15, -0.1) is 0 Å². The van der Waals surface area contributed by atoms with Gasteiger partial charge in [-0.3, -0.25) is 4.79 Å². The number of esters is 1. The van der Waals surface area contributed by atoms with E-state index in [4.69, 9.17) is 15.6 Å². The quantitative estimate of drug-likeness (QED) is 0.494. The van der Waals surface area contributed by atoms with Crippen molar-refractivity contribution in [3.05, 3.63) is 0 Å². The highest BCUT2D eigenvalue weighted by atomic mass is 28.3. The summed E-state index contributed by atoms with van der Waals surface area (Å²) in [6.07, 6.45) is 0.153. The van der Waals surface area contributed by atoms with E-state index in [0.717, 1.165) is 0 Å². The third-order valence-corrected chi connectivity index (χ3v) is 4.19. The van der Waals surface area contributed by atoms with Crippen LogP contribution < -0.4 is 5.73 Å². The summed E-state index contributed by atoms with van der Waals surface area (Å²) in [6.45, 7) is 6.09. The molecule has 3 N–H and O–H groups in total. The highest BCUT2D eigenvalue weighted by molar-refractivity contribution is 6.77. The first-order valence-electron chi connectivity index (χ1n) is 4.46. The minimum absolute atomic E-state index is 0.153. The van der Waals surface area contributed by atoms with Gasteiger partial charge in [-0.25, -0.2) is 0 Å². The number of carbonyl (C=O) groups is 1. The summed E-state index contributed by atoms with van der Waals surface area (Å²) in [4.78, 5) is 11.1. The summed E-state index contributed by atoms with van der Waals surface area (Å²) in [7, 11) is -1.70. The minimum Gasteiger partial charge on any atom is -0.465 e. The number of aliphatic hydroxyl groups is 1. The molecule has 0 unspecified atom stereocenters. The molecule has 0 spiro atoms. The van der Waals surface area contributed by atoms with Crippen molar-refractivity contribution in [1.82, 2.24) is 0 Å². The molecule has 0 amide bonds. The standard InChI is InChI=1S/C8H19NO3Si/c1-4-12-8(11)7(9)5-13(2,3)6-10/h7,10H,4-6,9H2,1-3H3/t7-/m0/s1. The average Bonchev–Trinajstić information content (AvgIpc) is 2.04. The fraction of sp³-hybridized carbons (Fsp3) is 0.875. The van der Waals surface area contributed by atoms with Crippen LogP contribution in [0.25, 0.3) is 0 Å². The lowest BCUT2D eigenvalue weighted by atomic mass is 10.4. The molecule has 1 atom stereocenters. The van der Waals surface area contributed by atoms with Crippen LogP contribution >= 0.6 is 0 Å². The molecule has 0 aliphatic heterocycles. The minimum atomic E-state index is -1.70. The van der Waals surface area contributed by atoms with Crippen molar-refractivity contribution in [3.8, 4) is 0 Å².